The van der Waals surface area contributed by atoms with Gasteiger partial charge in [-0.3, -0.25) is 0 Å². The van der Waals surface area contributed by atoms with Crippen LogP contribution in [0.3, 0.4) is 0 Å². The fraction of sp³-hybridized carbons (Fsp3) is 0.100. The van der Waals surface area contributed by atoms with Gasteiger partial charge in [0, 0.05) is 16.5 Å². The Morgan fingerprint density at radius 2 is 2.21 bits per heavy atom. The summed E-state index contributed by atoms with van der Waals surface area (Å²) in [5, 5.41) is 9.27. The number of alkyl halides is 1. The number of rotatable bonds is 3. The molecular formula is C10H8Cl2O2. The SMILES string of the molecule is O=C(O)c1cccc(Cl)c1C=CCCl. The van der Waals surface area contributed by atoms with Crippen LogP contribution in [0.25, 0.3) is 6.08 Å². The Kier molecular flexibility index (Phi) is 3.98. The standard InChI is InChI=1S/C10H8Cl2O2/c11-6-2-4-7-8(10(13)14)3-1-5-9(7)12/h1-5H,6H2,(H,13,14). The first-order valence-corrected chi connectivity index (χ1v) is 4.82. The number of aromatic carboxylic acids is 1. The number of benzene rings is 1. The zero-order chi connectivity index (χ0) is 10.6. The average Bonchev–Trinajstić information content (AvgIpc) is 2.15. The maximum atomic E-state index is 10.8. The van der Waals surface area contributed by atoms with Gasteiger partial charge in [0.2, 0.25) is 0 Å². The Balaban J connectivity index is 3.22. The lowest BCUT2D eigenvalue weighted by Gasteiger charge is -2.02. The van der Waals surface area contributed by atoms with Crippen molar-refractivity contribution >= 4 is 35.2 Å². The molecule has 0 aliphatic heterocycles. The average molecular weight is 231 g/mol. The van der Waals surface area contributed by atoms with Gasteiger partial charge >= 0.3 is 5.97 Å². The van der Waals surface area contributed by atoms with Crippen molar-refractivity contribution in [3.05, 3.63) is 40.4 Å². The van der Waals surface area contributed by atoms with Crippen LogP contribution in [0.2, 0.25) is 5.02 Å². The molecule has 14 heavy (non-hydrogen) atoms. The van der Waals surface area contributed by atoms with Crippen LogP contribution in [0.5, 0.6) is 0 Å². The molecule has 2 nitrogen and oxygen atoms in total. The second-order valence-electron chi connectivity index (χ2n) is 2.56. The molecule has 0 aliphatic carbocycles. The fourth-order valence-electron chi connectivity index (χ4n) is 1.06. The van der Waals surface area contributed by atoms with E-state index in [-0.39, 0.29) is 5.56 Å². The minimum Gasteiger partial charge on any atom is -0.478 e. The second-order valence-corrected chi connectivity index (χ2v) is 3.28. The van der Waals surface area contributed by atoms with Crippen molar-refractivity contribution in [1.82, 2.24) is 0 Å². The summed E-state index contributed by atoms with van der Waals surface area (Å²) in [7, 11) is 0. The Morgan fingerprint density at radius 3 is 2.79 bits per heavy atom. The van der Waals surface area contributed by atoms with E-state index in [4.69, 9.17) is 28.3 Å². The van der Waals surface area contributed by atoms with Crippen molar-refractivity contribution in [3.8, 4) is 0 Å². The molecular weight excluding hydrogens is 223 g/mol. The van der Waals surface area contributed by atoms with Crippen LogP contribution in [0.1, 0.15) is 15.9 Å². The molecule has 1 rings (SSSR count). The van der Waals surface area contributed by atoms with E-state index in [2.05, 4.69) is 0 Å². The summed E-state index contributed by atoms with van der Waals surface area (Å²) < 4.78 is 0. The van der Waals surface area contributed by atoms with E-state index in [0.29, 0.717) is 16.5 Å². The van der Waals surface area contributed by atoms with E-state index in [1.807, 2.05) is 0 Å². The van der Waals surface area contributed by atoms with Gasteiger partial charge in [-0.05, 0) is 12.1 Å². The van der Waals surface area contributed by atoms with Crippen LogP contribution < -0.4 is 0 Å². The highest BCUT2D eigenvalue weighted by molar-refractivity contribution is 6.32. The van der Waals surface area contributed by atoms with E-state index in [1.54, 1.807) is 24.3 Å². The van der Waals surface area contributed by atoms with Gasteiger partial charge in [-0.2, -0.15) is 0 Å². The smallest absolute Gasteiger partial charge is 0.336 e. The maximum absolute atomic E-state index is 10.8. The number of carboxylic acids is 1. The van der Waals surface area contributed by atoms with Crippen LogP contribution in [0.15, 0.2) is 24.3 Å². The summed E-state index contributed by atoms with van der Waals surface area (Å²) in [6.45, 7) is 0. The predicted molar refractivity (Wildman–Crippen MR) is 58.2 cm³/mol. The number of halogens is 2. The molecule has 0 aliphatic rings. The third-order valence-corrected chi connectivity index (χ3v) is 2.16. The minimum atomic E-state index is -0.998. The highest BCUT2D eigenvalue weighted by Gasteiger charge is 2.09. The van der Waals surface area contributed by atoms with Crippen molar-refractivity contribution in [2.75, 3.05) is 5.88 Å². The van der Waals surface area contributed by atoms with E-state index in [1.165, 1.54) is 6.07 Å². The molecule has 0 aromatic heterocycles. The van der Waals surface area contributed by atoms with Crippen LogP contribution >= 0.6 is 23.2 Å². The largest absolute Gasteiger partial charge is 0.478 e. The van der Waals surface area contributed by atoms with Crippen LogP contribution in [0.4, 0.5) is 0 Å². The van der Waals surface area contributed by atoms with Crippen molar-refractivity contribution in [2.24, 2.45) is 0 Å². The van der Waals surface area contributed by atoms with Gasteiger partial charge in [0.25, 0.3) is 0 Å². The van der Waals surface area contributed by atoms with Crippen molar-refractivity contribution in [2.45, 2.75) is 0 Å². The summed E-state index contributed by atoms with van der Waals surface area (Å²) in [5.41, 5.74) is 0.668. The normalized spacial score (nSPS) is 10.7. The molecule has 0 radical (unpaired) electrons. The molecule has 0 saturated carbocycles. The van der Waals surface area contributed by atoms with Crippen molar-refractivity contribution in [3.63, 3.8) is 0 Å². The van der Waals surface area contributed by atoms with Gasteiger partial charge in [-0.1, -0.05) is 29.8 Å². The molecule has 1 N–H and O–H groups in total. The van der Waals surface area contributed by atoms with Gasteiger partial charge in [0.1, 0.15) is 0 Å². The molecule has 0 spiro atoms. The predicted octanol–water partition coefficient (Wildman–Crippen LogP) is 3.29. The summed E-state index contributed by atoms with van der Waals surface area (Å²) in [4.78, 5) is 10.8. The van der Waals surface area contributed by atoms with Crippen LogP contribution in [0, 0.1) is 0 Å². The molecule has 0 saturated heterocycles. The molecule has 1 aromatic carbocycles. The molecule has 74 valence electrons. The first kappa shape index (κ1) is 11.1. The number of carboxylic acid groups (broad SMARTS) is 1. The van der Waals surface area contributed by atoms with Gasteiger partial charge < -0.3 is 5.11 Å². The molecule has 0 amide bonds. The van der Waals surface area contributed by atoms with E-state index < -0.39 is 5.97 Å². The van der Waals surface area contributed by atoms with Gasteiger partial charge in [0.05, 0.1) is 5.56 Å². The first-order chi connectivity index (χ1) is 6.66. The highest BCUT2D eigenvalue weighted by Crippen LogP contribution is 2.21. The lowest BCUT2D eigenvalue weighted by molar-refractivity contribution is 0.0696. The molecule has 0 atom stereocenters. The molecule has 4 heteroatoms. The molecule has 1 aromatic rings. The Bertz CT molecular complexity index is 372. The lowest BCUT2D eigenvalue weighted by Crippen LogP contribution is -1.99. The molecule has 0 unspecified atom stereocenters. The zero-order valence-corrected chi connectivity index (χ0v) is 8.72. The Hall–Kier alpha value is -0.990. The molecule has 0 fully saturated rings. The third kappa shape index (κ3) is 2.50. The molecule has 0 bridgehead atoms. The summed E-state index contributed by atoms with van der Waals surface area (Å²) in [6.07, 6.45) is 3.26. The minimum absolute atomic E-state index is 0.180. The zero-order valence-electron chi connectivity index (χ0n) is 7.21. The van der Waals surface area contributed by atoms with Crippen molar-refractivity contribution < 1.29 is 9.90 Å². The quantitative estimate of drug-likeness (QED) is 0.810. The van der Waals surface area contributed by atoms with Crippen LogP contribution in [-0.2, 0) is 0 Å². The topological polar surface area (TPSA) is 37.3 Å². The van der Waals surface area contributed by atoms with Gasteiger partial charge in [0.15, 0.2) is 0 Å². The lowest BCUT2D eigenvalue weighted by atomic mass is 10.1. The van der Waals surface area contributed by atoms with E-state index in [0.717, 1.165) is 0 Å². The summed E-state index contributed by atoms with van der Waals surface area (Å²) >= 11 is 11.3. The highest BCUT2D eigenvalue weighted by atomic mass is 35.5. The Labute approximate surface area is 91.8 Å². The number of carbonyl (C=O) groups is 1. The number of allylic oxidation sites excluding steroid dienone is 1. The number of hydrogen-bond acceptors (Lipinski definition) is 1. The first-order valence-electron chi connectivity index (χ1n) is 3.91. The summed E-state index contributed by atoms with van der Waals surface area (Å²) in [5.74, 6) is -0.675. The van der Waals surface area contributed by atoms with Crippen LogP contribution in [-0.4, -0.2) is 17.0 Å². The monoisotopic (exact) mass is 230 g/mol. The van der Waals surface area contributed by atoms with Gasteiger partial charge in [-0.25, -0.2) is 4.79 Å². The second kappa shape index (κ2) is 5.03. The van der Waals surface area contributed by atoms with Gasteiger partial charge in [-0.15, -0.1) is 11.6 Å². The van der Waals surface area contributed by atoms with Crippen molar-refractivity contribution in [1.29, 1.82) is 0 Å². The third-order valence-electron chi connectivity index (χ3n) is 1.66. The fourth-order valence-corrected chi connectivity index (χ4v) is 1.38. The van der Waals surface area contributed by atoms with E-state index in [9.17, 15) is 4.79 Å². The number of hydrogen-bond donors (Lipinski definition) is 1. The molecule has 0 heterocycles. The van der Waals surface area contributed by atoms with E-state index >= 15 is 0 Å². The Morgan fingerprint density at radius 1 is 1.50 bits per heavy atom. The maximum Gasteiger partial charge on any atom is 0.336 e. The summed E-state index contributed by atoms with van der Waals surface area (Å²) in [6, 6.07) is 4.74.